The van der Waals surface area contributed by atoms with Crippen LogP contribution in [-0.4, -0.2) is 11.6 Å². The summed E-state index contributed by atoms with van der Waals surface area (Å²) in [4.78, 5) is 25.8. The number of allylic oxidation sites excluding steroid dienone is 4. The third-order valence-corrected chi connectivity index (χ3v) is 9.31. The number of fused-ring (bicyclic) bond motifs is 6. The molecule has 0 bridgehead atoms. The van der Waals surface area contributed by atoms with E-state index in [2.05, 4.69) is 26.0 Å². The van der Waals surface area contributed by atoms with Crippen molar-refractivity contribution in [3.63, 3.8) is 0 Å². The molecule has 5 aliphatic rings. The van der Waals surface area contributed by atoms with Gasteiger partial charge in [0.05, 0.1) is 11.0 Å². The van der Waals surface area contributed by atoms with Gasteiger partial charge in [-0.25, -0.2) is 0 Å². The highest BCUT2D eigenvalue weighted by molar-refractivity contribution is 6.07. The fourth-order valence-corrected chi connectivity index (χ4v) is 8.00. The molecule has 0 aromatic heterocycles. The van der Waals surface area contributed by atoms with Crippen LogP contribution >= 0.6 is 0 Å². The first-order valence-electron chi connectivity index (χ1n) is 10.8. The van der Waals surface area contributed by atoms with E-state index in [1.165, 1.54) is 5.57 Å². The van der Waals surface area contributed by atoms with E-state index in [0.29, 0.717) is 29.1 Å². The van der Waals surface area contributed by atoms with Gasteiger partial charge in [0.15, 0.2) is 5.78 Å². The molecule has 0 heterocycles. The number of carbonyl (C=O) groups excluding carboxylic acids is 2. The molecule has 1 spiro atoms. The molecular weight excluding hydrogens is 334 g/mol. The molecule has 3 fully saturated rings. The maximum absolute atomic E-state index is 13.2. The predicted molar refractivity (Wildman–Crippen MR) is 102 cm³/mol. The Hall–Kier alpha value is -1.69. The van der Waals surface area contributed by atoms with Gasteiger partial charge in [-0.3, -0.25) is 9.59 Å². The number of hydrogen-bond acceptors (Lipinski definition) is 3. The van der Waals surface area contributed by atoms with Crippen molar-refractivity contribution in [2.45, 2.75) is 71.6 Å². The monoisotopic (exact) mass is 363 g/mol. The number of rotatable bonds is 0. The first-order chi connectivity index (χ1) is 12.9. The molecule has 0 N–H and O–H groups in total. The van der Waals surface area contributed by atoms with E-state index in [1.807, 2.05) is 6.08 Å². The highest BCUT2D eigenvalue weighted by Crippen LogP contribution is 2.67. The molecule has 3 nitrogen and oxygen atoms in total. The summed E-state index contributed by atoms with van der Waals surface area (Å²) in [6.45, 7) is 4.49. The van der Waals surface area contributed by atoms with E-state index in [4.69, 9.17) is 0 Å². The second-order valence-corrected chi connectivity index (χ2v) is 10.2. The molecule has 0 aromatic carbocycles. The SMILES string of the molecule is CC12C=C(C#N)C(=O)C3(CCCC3)C1=CCC1[C@@H]2CCC2(C)C(=O)CC[C@@H]12. The van der Waals surface area contributed by atoms with Gasteiger partial charge in [-0.1, -0.05) is 44.4 Å². The molecule has 5 atom stereocenters. The number of carbonyl (C=O) groups is 2. The fourth-order valence-electron chi connectivity index (χ4n) is 8.00. The van der Waals surface area contributed by atoms with E-state index in [1.54, 1.807) is 0 Å². The highest BCUT2D eigenvalue weighted by atomic mass is 16.1. The van der Waals surface area contributed by atoms with Gasteiger partial charge in [0.1, 0.15) is 11.9 Å². The second-order valence-electron chi connectivity index (χ2n) is 10.2. The Balaban J connectivity index is 1.65. The molecule has 0 radical (unpaired) electrons. The topological polar surface area (TPSA) is 57.9 Å². The average Bonchev–Trinajstić information content (AvgIpc) is 3.25. The Bertz CT molecular complexity index is 837. The zero-order valence-corrected chi connectivity index (χ0v) is 16.5. The number of hydrogen-bond donors (Lipinski definition) is 0. The summed E-state index contributed by atoms with van der Waals surface area (Å²) in [5, 5.41) is 9.73. The predicted octanol–water partition coefficient (Wildman–Crippen LogP) is 4.93. The summed E-state index contributed by atoms with van der Waals surface area (Å²) in [6, 6.07) is 2.25. The lowest BCUT2D eigenvalue weighted by molar-refractivity contribution is -0.131. The van der Waals surface area contributed by atoms with Crippen LogP contribution in [-0.2, 0) is 9.59 Å². The van der Waals surface area contributed by atoms with Crippen LogP contribution < -0.4 is 0 Å². The third-order valence-electron chi connectivity index (χ3n) is 9.31. The summed E-state index contributed by atoms with van der Waals surface area (Å²) in [7, 11) is 0. The van der Waals surface area contributed by atoms with Gasteiger partial charge in [-0.2, -0.15) is 5.26 Å². The van der Waals surface area contributed by atoms with Crippen LogP contribution in [0.5, 0.6) is 0 Å². The maximum Gasteiger partial charge on any atom is 0.183 e. The van der Waals surface area contributed by atoms with E-state index >= 15 is 0 Å². The zero-order valence-electron chi connectivity index (χ0n) is 16.5. The van der Waals surface area contributed by atoms with Crippen molar-refractivity contribution in [2.75, 3.05) is 0 Å². The molecule has 0 amide bonds. The molecule has 0 saturated heterocycles. The Morgan fingerprint density at radius 3 is 2.52 bits per heavy atom. The van der Waals surface area contributed by atoms with Crippen LogP contribution in [0.1, 0.15) is 71.6 Å². The standard InChI is InChI=1S/C24H29NO2/c1-22-12-9-18-16(17(22)6-8-20(22)26)5-7-19-23(18,2)13-15(14-25)21(27)24(19)10-3-4-11-24/h7,13,16-18H,3-6,8-12H2,1-2H3/t16?,17-,18-,22?,23?/m0/s1. The molecule has 3 heteroatoms. The Morgan fingerprint density at radius 2 is 1.81 bits per heavy atom. The lowest BCUT2D eigenvalue weighted by atomic mass is 9.45. The zero-order chi connectivity index (χ0) is 19.0. The highest BCUT2D eigenvalue weighted by Gasteiger charge is 2.62. The lowest BCUT2D eigenvalue weighted by Crippen LogP contribution is -2.53. The number of nitrogens with zero attached hydrogens (tertiary/aromatic N) is 1. The number of ketones is 2. The molecule has 0 aliphatic heterocycles. The molecular formula is C24H29NO2. The summed E-state index contributed by atoms with van der Waals surface area (Å²) in [5.41, 5.74) is 0.976. The Kier molecular flexibility index (Phi) is 3.50. The summed E-state index contributed by atoms with van der Waals surface area (Å²) in [6.07, 6.45) is 13.2. The van der Waals surface area contributed by atoms with Crippen LogP contribution in [0.3, 0.4) is 0 Å². The molecule has 5 aliphatic carbocycles. The van der Waals surface area contributed by atoms with Gasteiger partial charge in [0, 0.05) is 17.3 Å². The van der Waals surface area contributed by atoms with Crippen molar-refractivity contribution in [3.8, 4) is 6.07 Å². The maximum atomic E-state index is 13.2. The Morgan fingerprint density at radius 1 is 1.07 bits per heavy atom. The minimum atomic E-state index is -0.411. The third kappa shape index (κ3) is 1.97. The van der Waals surface area contributed by atoms with Crippen molar-refractivity contribution >= 4 is 11.6 Å². The van der Waals surface area contributed by atoms with Crippen molar-refractivity contribution < 1.29 is 9.59 Å². The summed E-state index contributed by atoms with van der Waals surface area (Å²) < 4.78 is 0. The fraction of sp³-hybridized carbons (Fsp3) is 0.708. The van der Waals surface area contributed by atoms with Gasteiger partial charge >= 0.3 is 0 Å². The lowest BCUT2D eigenvalue weighted by Gasteiger charge is -2.57. The van der Waals surface area contributed by atoms with Crippen LogP contribution in [0.4, 0.5) is 0 Å². The van der Waals surface area contributed by atoms with Crippen molar-refractivity contribution in [1.82, 2.24) is 0 Å². The molecule has 142 valence electrons. The number of nitriles is 1. The van der Waals surface area contributed by atoms with Crippen LogP contribution in [0.2, 0.25) is 0 Å². The van der Waals surface area contributed by atoms with Crippen LogP contribution in [0.25, 0.3) is 0 Å². The van der Waals surface area contributed by atoms with Gasteiger partial charge < -0.3 is 0 Å². The first kappa shape index (κ1) is 17.4. The van der Waals surface area contributed by atoms with Crippen molar-refractivity contribution in [3.05, 3.63) is 23.3 Å². The molecule has 3 unspecified atom stereocenters. The van der Waals surface area contributed by atoms with E-state index < -0.39 is 5.41 Å². The molecule has 3 saturated carbocycles. The molecule has 0 aromatic rings. The molecule has 5 rings (SSSR count). The quantitative estimate of drug-likeness (QED) is 0.574. The van der Waals surface area contributed by atoms with E-state index in [-0.39, 0.29) is 16.6 Å². The summed E-state index contributed by atoms with van der Waals surface area (Å²) >= 11 is 0. The van der Waals surface area contributed by atoms with Gasteiger partial charge in [0.2, 0.25) is 0 Å². The minimum Gasteiger partial charge on any atom is -0.299 e. The van der Waals surface area contributed by atoms with Gasteiger partial charge in [0.25, 0.3) is 0 Å². The first-order valence-corrected chi connectivity index (χ1v) is 10.8. The smallest absolute Gasteiger partial charge is 0.183 e. The largest absolute Gasteiger partial charge is 0.299 e. The number of Topliss-reactive ketones (excluding diaryl/α,β-unsaturated/α-hetero) is 2. The van der Waals surface area contributed by atoms with Crippen LogP contribution in [0.15, 0.2) is 23.3 Å². The van der Waals surface area contributed by atoms with E-state index in [9.17, 15) is 14.9 Å². The Labute approximate surface area is 161 Å². The molecule has 27 heavy (non-hydrogen) atoms. The van der Waals surface area contributed by atoms with Gasteiger partial charge in [-0.05, 0) is 56.3 Å². The van der Waals surface area contributed by atoms with Gasteiger partial charge in [-0.15, -0.1) is 0 Å². The van der Waals surface area contributed by atoms with Crippen molar-refractivity contribution in [2.24, 2.45) is 34.0 Å². The second kappa shape index (κ2) is 5.43. The van der Waals surface area contributed by atoms with E-state index in [0.717, 1.165) is 57.8 Å². The summed E-state index contributed by atoms with van der Waals surface area (Å²) in [5.74, 6) is 1.98. The average molecular weight is 364 g/mol. The van der Waals surface area contributed by atoms with Crippen molar-refractivity contribution in [1.29, 1.82) is 5.26 Å². The van der Waals surface area contributed by atoms with Crippen LogP contribution in [0, 0.1) is 45.3 Å². The normalized spacial score (nSPS) is 44.9. The minimum absolute atomic E-state index is 0.0846.